The third-order valence-corrected chi connectivity index (χ3v) is 1.94. The van der Waals surface area contributed by atoms with Gasteiger partial charge in [0, 0.05) is 0 Å². The average molecular weight is 173 g/mol. The van der Waals surface area contributed by atoms with Gasteiger partial charge in [-0.1, -0.05) is 17.7 Å². The molecule has 0 spiro atoms. The van der Waals surface area contributed by atoms with Gasteiger partial charge in [-0.15, -0.1) is 0 Å². The minimum Gasteiger partial charge on any atom is -0.206 e. The molecule has 1 aromatic carbocycles. The maximum absolute atomic E-state index is 4.26. The fraction of sp³-hybridized carbons (Fsp3) is 0.333. The summed E-state index contributed by atoms with van der Waals surface area (Å²) < 4.78 is 0. The largest absolute Gasteiger partial charge is 0.206 e. The number of aryl methyl sites for hydroxylation is 3. The highest BCUT2D eigenvalue weighted by Crippen LogP contribution is 2.24. The molecule has 0 aliphatic rings. The Morgan fingerprint density at radius 1 is 1.15 bits per heavy atom. The first-order valence-electron chi connectivity index (χ1n) is 4.47. The fourth-order valence-corrected chi connectivity index (χ4v) is 1.48. The first-order chi connectivity index (χ1) is 6.15. The smallest absolute Gasteiger partial charge is 0.0788 e. The second kappa shape index (κ2) is 4.06. The van der Waals surface area contributed by atoms with Gasteiger partial charge in [0.15, 0.2) is 0 Å². The fourth-order valence-electron chi connectivity index (χ4n) is 1.48. The molecule has 0 saturated carbocycles. The van der Waals surface area contributed by atoms with Crippen molar-refractivity contribution in [3.05, 3.63) is 34.9 Å². The van der Waals surface area contributed by atoms with Crippen molar-refractivity contribution in [2.45, 2.75) is 27.7 Å². The Balaban J connectivity index is 3.29. The number of hydrogen-bond donors (Lipinski definition) is 0. The van der Waals surface area contributed by atoms with Crippen molar-refractivity contribution in [1.29, 1.82) is 0 Å². The van der Waals surface area contributed by atoms with Gasteiger partial charge >= 0.3 is 0 Å². The monoisotopic (exact) mass is 173 g/mol. The minimum atomic E-state index is 1.05. The molecule has 0 heterocycles. The Labute approximate surface area is 79.8 Å². The molecule has 1 aromatic rings. The van der Waals surface area contributed by atoms with Gasteiger partial charge in [-0.3, -0.25) is 0 Å². The van der Waals surface area contributed by atoms with Crippen LogP contribution in [0.25, 0.3) is 0 Å². The average Bonchev–Trinajstić information content (AvgIpc) is 2.02. The van der Waals surface area contributed by atoms with E-state index in [0.29, 0.717) is 0 Å². The summed E-state index contributed by atoms with van der Waals surface area (Å²) in [6.45, 7) is 8.18. The van der Waals surface area contributed by atoms with Crippen LogP contribution in [-0.4, -0.2) is 5.87 Å². The lowest BCUT2D eigenvalue weighted by Gasteiger charge is -2.04. The SMILES string of the molecule is CC=C=Nc1c(C)cc(C)cc1C. The van der Waals surface area contributed by atoms with Crippen molar-refractivity contribution in [2.75, 3.05) is 0 Å². The van der Waals surface area contributed by atoms with Gasteiger partial charge in [0.25, 0.3) is 0 Å². The van der Waals surface area contributed by atoms with Crippen LogP contribution in [0.15, 0.2) is 23.2 Å². The number of allylic oxidation sites excluding steroid dienone is 1. The van der Waals surface area contributed by atoms with Crippen molar-refractivity contribution in [1.82, 2.24) is 0 Å². The zero-order valence-electron chi connectivity index (χ0n) is 8.68. The molecule has 0 unspecified atom stereocenters. The van der Waals surface area contributed by atoms with Crippen molar-refractivity contribution in [3.8, 4) is 0 Å². The van der Waals surface area contributed by atoms with Crippen molar-refractivity contribution in [2.24, 2.45) is 4.99 Å². The predicted octanol–water partition coefficient (Wildman–Crippen LogP) is 3.49. The lowest BCUT2D eigenvalue weighted by Crippen LogP contribution is -1.82. The zero-order chi connectivity index (χ0) is 9.84. The van der Waals surface area contributed by atoms with Gasteiger partial charge < -0.3 is 0 Å². The summed E-state index contributed by atoms with van der Waals surface area (Å²) in [4.78, 5) is 4.26. The number of nitrogens with zero attached hydrogens (tertiary/aromatic N) is 1. The topological polar surface area (TPSA) is 12.4 Å². The molecule has 68 valence electrons. The van der Waals surface area contributed by atoms with Crippen molar-refractivity contribution < 1.29 is 0 Å². The molecule has 0 aromatic heterocycles. The maximum Gasteiger partial charge on any atom is 0.0788 e. The van der Waals surface area contributed by atoms with E-state index < -0.39 is 0 Å². The Bertz CT molecular complexity index is 346. The molecule has 0 radical (unpaired) electrons. The van der Waals surface area contributed by atoms with E-state index in [-0.39, 0.29) is 0 Å². The third-order valence-electron chi connectivity index (χ3n) is 1.94. The second-order valence-electron chi connectivity index (χ2n) is 3.28. The van der Waals surface area contributed by atoms with Crippen molar-refractivity contribution >= 4 is 11.6 Å². The molecule has 1 rings (SSSR count). The molecule has 1 heteroatoms. The summed E-state index contributed by atoms with van der Waals surface area (Å²) in [5, 5.41) is 0. The summed E-state index contributed by atoms with van der Waals surface area (Å²) >= 11 is 0. The van der Waals surface area contributed by atoms with Crippen LogP contribution in [0.2, 0.25) is 0 Å². The molecule has 0 aliphatic heterocycles. The molecule has 0 amide bonds. The Morgan fingerprint density at radius 3 is 2.15 bits per heavy atom. The van der Waals surface area contributed by atoms with Crippen LogP contribution in [0, 0.1) is 20.8 Å². The molecule has 0 N–H and O–H groups in total. The molecule has 1 nitrogen and oxygen atoms in total. The van der Waals surface area contributed by atoms with Crippen LogP contribution in [0.5, 0.6) is 0 Å². The van der Waals surface area contributed by atoms with Crippen molar-refractivity contribution in [3.63, 3.8) is 0 Å². The lowest BCUT2D eigenvalue weighted by molar-refractivity contribution is 1.29. The highest BCUT2D eigenvalue weighted by molar-refractivity contribution is 5.63. The van der Waals surface area contributed by atoms with E-state index >= 15 is 0 Å². The van der Waals surface area contributed by atoms with E-state index in [4.69, 9.17) is 0 Å². The van der Waals surface area contributed by atoms with Crippen LogP contribution in [0.3, 0.4) is 0 Å². The first-order valence-corrected chi connectivity index (χ1v) is 4.47. The first kappa shape index (κ1) is 9.76. The van der Waals surface area contributed by atoms with Crippen LogP contribution in [0.4, 0.5) is 5.69 Å². The second-order valence-corrected chi connectivity index (χ2v) is 3.28. The van der Waals surface area contributed by atoms with E-state index in [0.717, 1.165) is 5.69 Å². The molecule has 13 heavy (non-hydrogen) atoms. The maximum atomic E-state index is 4.26. The Hall–Kier alpha value is -1.33. The molecule has 0 bridgehead atoms. The van der Waals surface area contributed by atoms with Crippen LogP contribution >= 0.6 is 0 Å². The quantitative estimate of drug-likeness (QED) is 0.576. The normalized spacial score (nSPS) is 9.23. The highest BCUT2D eigenvalue weighted by Gasteiger charge is 2.00. The van der Waals surface area contributed by atoms with E-state index in [1.54, 1.807) is 0 Å². The molecular formula is C12H15N. The van der Waals surface area contributed by atoms with Gasteiger partial charge in [0.1, 0.15) is 0 Å². The number of rotatable bonds is 1. The van der Waals surface area contributed by atoms with Gasteiger partial charge in [0.2, 0.25) is 0 Å². The summed E-state index contributed by atoms with van der Waals surface area (Å²) in [5.41, 5.74) is 4.76. The van der Waals surface area contributed by atoms with Gasteiger partial charge in [-0.2, -0.15) is 0 Å². The number of hydrogen-bond acceptors (Lipinski definition) is 1. The van der Waals surface area contributed by atoms with Crippen LogP contribution in [0.1, 0.15) is 23.6 Å². The standard InChI is InChI=1S/C12H15N/c1-5-6-13-12-10(3)7-9(2)8-11(12)4/h5,7-8H,1-4H3. The molecule has 0 fully saturated rings. The van der Waals surface area contributed by atoms with Gasteiger partial charge in [0.05, 0.1) is 5.69 Å². The summed E-state index contributed by atoms with van der Waals surface area (Å²) in [6.07, 6.45) is 1.82. The summed E-state index contributed by atoms with van der Waals surface area (Å²) in [7, 11) is 0. The van der Waals surface area contributed by atoms with Gasteiger partial charge in [-0.25, -0.2) is 4.99 Å². The number of benzene rings is 1. The van der Waals surface area contributed by atoms with Crippen LogP contribution in [-0.2, 0) is 0 Å². The summed E-state index contributed by atoms with van der Waals surface area (Å²) in [5.74, 6) is 2.87. The molecule has 0 aliphatic carbocycles. The van der Waals surface area contributed by atoms with E-state index in [1.165, 1.54) is 16.7 Å². The molecule has 0 atom stereocenters. The Kier molecular flexibility index (Phi) is 3.05. The molecular weight excluding hydrogens is 158 g/mol. The number of aliphatic imine (C=N–C) groups is 1. The summed E-state index contributed by atoms with van der Waals surface area (Å²) in [6, 6.07) is 4.28. The lowest BCUT2D eigenvalue weighted by atomic mass is 10.1. The minimum absolute atomic E-state index is 1.05. The van der Waals surface area contributed by atoms with E-state index in [9.17, 15) is 0 Å². The predicted molar refractivity (Wildman–Crippen MR) is 58.0 cm³/mol. The molecule has 0 saturated heterocycles. The Morgan fingerprint density at radius 2 is 1.69 bits per heavy atom. The van der Waals surface area contributed by atoms with Gasteiger partial charge in [-0.05, 0) is 50.8 Å². The van der Waals surface area contributed by atoms with E-state index in [1.807, 2.05) is 13.0 Å². The highest BCUT2D eigenvalue weighted by atomic mass is 14.7. The zero-order valence-corrected chi connectivity index (χ0v) is 8.68. The van der Waals surface area contributed by atoms with E-state index in [2.05, 4.69) is 43.8 Å². The third kappa shape index (κ3) is 2.30. The van der Waals surface area contributed by atoms with Crippen LogP contribution < -0.4 is 0 Å².